The summed E-state index contributed by atoms with van der Waals surface area (Å²) >= 11 is 0. The van der Waals surface area contributed by atoms with Crippen LogP contribution in [0.1, 0.15) is 39.5 Å². The Kier molecular flexibility index (Phi) is 5.72. The predicted molar refractivity (Wildman–Crippen MR) is 108 cm³/mol. The Labute approximate surface area is 172 Å². The molecule has 1 atom stereocenters. The zero-order chi connectivity index (χ0) is 20.4. The second-order valence-corrected chi connectivity index (χ2v) is 8.85. The summed E-state index contributed by atoms with van der Waals surface area (Å²) in [5.74, 6) is 1.20. The number of amides is 3. The number of hydrogen-bond donors (Lipinski definition) is 0. The van der Waals surface area contributed by atoms with Crippen molar-refractivity contribution in [3.63, 3.8) is 0 Å². The standard InChI is InChI=1S/C21H31N5O3/c1-16(2)13-26-20(28)25(14-17-5-3-12-29-15-17)18(27)21(26)6-10-24(11-7-21)19-22-8-4-9-23-19/h4,8-9,16-17H,3,5-7,10-15H2,1-2H3. The van der Waals surface area contributed by atoms with E-state index in [2.05, 4.69) is 28.7 Å². The number of imide groups is 1. The number of urea groups is 1. The summed E-state index contributed by atoms with van der Waals surface area (Å²) in [6, 6.07) is 1.67. The van der Waals surface area contributed by atoms with E-state index in [0.717, 1.165) is 19.4 Å². The average Bonchev–Trinajstić information content (AvgIpc) is 2.92. The molecule has 1 aromatic heterocycles. The van der Waals surface area contributed by atoms with Gasteiger partial charge in [-0.2, -0.15) is 0 Å². The van der Waals surface area contributed by atoms with Gasteiger partial charge in [0.2, 0.25) is 5.95 Å². The number of ether oxygens (including phenoxy) is 1. The molecule has 3 saturated heterocycles. The Morgan fingerprint density at radius 3 is 2.55 bits per heavy atom. The van der Waals surface area contributed by atoms with Crippen molar-refractivity contribution in [2.75, 3.05) is 44.3 Å². The summed E-state index contributed by atoms with van der Waals surface area (Å²) in [7, 11) is 0. The summed E-state index contributed by atoms with van der Waals surface area (Å²) in [6.07, 6.45) is 6.69. The Bertz CT molecular complexity index is 727. The van der Waals surface area contributed by atoms with Crippen LogP contribution in [0.4, 0.5) is 10.7 Å². The molecule has 0 bridgehead atoms. The zero-order valence-electron chi connectivity index (χ0n) is 17.4. The van der Waals surface area contributed by atoms with Gasteiger partial charge in [-0.3, -0.25) is 9.69 Å². The van der Waals surface area contributed by atoms with Crippen LogP contribution in [-0.4, -0.2) is 76.6 Å². The number of carbonyl (C=O) groups is 2. The molecule has 4 rings (SSSR count). The molecule has 3 aliphatic heterocycles. The summed E-state index contributed by atoms with van der Waals surface area (Å²) in [6.45, 7) is 8.00. The van der Waals surface area contributed by atoms with Gasteiger partial charge in [-0.05, 0) is 37.7 Å². The van der Waals surface area contributed by atoms with Crippen molar-refractivity contribution in [3.8, 4) is 0 Å². The molecule has 3 fully saturated rings. The summed E-state index contributed by atoms with van der Waals surface area (Å²) in [5, 5.41) is 0. The molecule has 0 aliphatic carbocycles. The molecule has 8 heteroatoms. The molecular formula is C21H31N5O3. The van der Waals surface area contributed by atoms with Crippen LogP contribution in [0.5, 0.6) is 0 Å². The number of anilines is 1. The molecule has 0 saturated carbocycles. The zero-order valence-corrected chi connectivity index (χ0v) is 17.4. The monoisotopic (exact) mass is 401 g/mol. The van der Waals surface area contributed by atoms with Gasteiger partial charge < -0.3 is 14.5 Å². The van der Waals surface area contributed by atoms with Crippen LogP contribution in [0.25, 0.3) is 0 Å². The van der Waals surface area contributed by atoms with Crippen LogP contribution in [0, 0.1) is 11.8 Å². The molecule has 1 unspecified atom stereocenters. The van der Waals surface area contributed by atoms with Gasteiger partial charge in [-0.1, -0.05) is 13.8 Å². The second kappa shape index (κ2) is 8.26. The van der Waals surface area contributed by atoms with E-state index in [0.29, 0.717) is 57.5 Å². The fourth-order valence-corrected chi connectivity index (χ4v) is 4.79. The van der Waals surface area contributed by atoms with Crippen molar-refractivity contribution >= 4 is 17.9 Å². The van der Waals surface area contributed by atoms with Crippen LogP contribution >= 0.6 is 0 Å². The van der Waals surface area contributed by atoms with Crippen molar-refractivity contribution in [1.82, 2.24) is 19.8 Å². The highest BCUT2D eigenvalue weighted by Crippen LogP contribution is 2.39. The van der Waals surface area contributed by atoms with Crippen molar-refractivity contribution in [2.24, 2.45) is 11.8 Å². The Balaban J connectivity index is 1.53. The van der Waals surface area contributed by atoms with E-state index in [1.54, 1.807) is 18.5 Å². The Morgan fingerprint density at radius 2 is 1.93 bits per heavy atom. The summed E-state index contributed by atoms with van der Waals surface area (Å²) < 4.78 is 5.57. The van der Waals surface area contributed by atoms with Crippen molar-refractivity contribution in [1.29, 1.82) is 0 Å². The first-order chi connectivity index (χ1) is 14.0. The third-order valence-corrected chi connectivity index (χ3v) is 6.29. The predicted octanol–water partition coefficient (Wildman–Crippen LogP) is 2.16. The largest absolute Gasteiger partial charge is 0.381 e. The number of nitrogens with zero attached hydrogens (tertiary/aromatic N) is 5. The van der Waals surface area contributed by atoms with Gasteiger partial charge in [-0.15, -0.1) is 0 Å². The minimum Gasteiger partial charge on any atom is -0.381 e. The molecule has 1 spiro atoms. The number of piperidine rings is 1. The highest BCUT2D eigenvalue weighted by molar-refractivity contribution is 6.07. The van der Waals surface area contributed by atoms with Crippen molar-refractivity contribution < 1.29 is 14.3 Å². The molecule has 158 valence electrons. The fourth-order valence-electron chi connectivity index (χ4n) is 4.79. The lowest BCUT2D eigenvalue weighted by Crippen LogP contribution is -2.57. The van der Waals surface area contributed by atoms with Gasteiger partial charge in [-0.25, -0.2) is 14.8 Å². The van der Waals surface area contributed by atoms with Gasteiger partial charge in [0.1, 0.15) is 5.54 Å². The molecule has 0 aromatic carbocycles. The molecule has 4 heterocycles. The molecule has 3 aliphatic rings. The lowest BCUT2D eigenvalue weighted by atomic mass is 9.85. The molecule has 0 radical (unpaired) electrons. The maximum atomic E-state index is 13.6. The first kappa shape index (κ1) is 20.1. The van der Waals surface area contributed by atoms with E-state index in [1.165, 1.54) is 4.90 Å². The van der Waals surface area contributed by atoms with E-state index < -0.39 is 5.54 Å². The topological polar surface area (TPSA) is 78.9 Å². The van der Waals surface area contributed by atoms with Gasteiger partial charge in [0.15, 0.2) is 0 Å². The third kappa shape index (κ3) is 3.82. The summed E-state index contributed by atoms with van der Waals surface area (Å²) in [5.41, 5.74) is -0.734. The SMILES string of the molecule is CC(C)CN1C(=O)N(CC2CCCOC2)C(=O)C12CCN(c1ncccn1)CC2. The Morgan fingerprint density at radius 1 is 1.21 bits per heavy atom. The van der Waals surface area contributed by atoms with Gasteiger partial charge in [0, 0.05) is 51.1 Å². The van der Waals surface area contributed by atoms with Crippen LogP contribution in [0.15, 0.2) is 18.5 Å². The Hall–Kier alpha value is -2.22. The lowest BCUT2D eigenvalue weighted by Gasteiger charge is -2.42. The first-order valence-corrected chi connectivity index (χ1v) is 10.7. The highest BCUT2D eigenvalue weighted by atomic mass is 16.5. The molecule has 0 N–H and O–H groups in total. The minimum absolute atomic E-state index is 0.0256. The van der Waals surface area contributed by atoms with Crippen molar-refractivity contribution in [3.05, 3.63) is 18.5 Å². The quantitative estimate of drug-likeness (QED) is 0.704. The van der Waals surface area contributed by atoms with Crippen LogP contribution in [0.3, 0.4) is 0 Å². The average molecular weight is 402 g/mol. The first-order valence-electron chi connectivity index (χ1n) is 10.7. The number of hydrogen-bond acceptors (Lipinski definition) is 6. The maximum Gasteiger partial charge on any atom is 0.327 e. The van der Waals surface area contributed by atoms with E-state index in [9.17, 15) is 9.59 Å². The summed E-state index contributed by atoms with van der Waals surface area (Å²) in [4.78, 5) is 41.0. The van der Waals surface area contributed by atoms with Gasteiger partial charge >= 0.3 is 6.03 Å². The maximum absolute atomic E-state index is 13.6. The molecule has 3 amide bonds. The van der Waals surface area contributed by atoms with Crippen LogP contribution in [-0.2, 0) is 9.53 Å². The smallest absolute Gasteiger partial charge is 0.327 e. The molecule has 29 heavy (non-hydrogen) atoms. The van der Waals surface area contributed by atoms with Crippen LogP contribution in [0.2, 0.25) is 0 Å². The fraction of sp³-hybridized carbons (Fsp3) is 0.714. The van der Waals surface area contributed by atoms with Gasteiger partial charge in [0.05, 0.1) is 6.61 Å². The van der Waals surface area contributed by atoms with Crippen LogP contribution < -0.4 is 4.90 Å². The van der Waals surface area contributed by atoms with E-state index >= 15 is 0 Å². The minimum atomic E-state index is -0.734. The number of carbonyl (C=O) groups excluding carboxylic acids is 2. The van der Waals surface area contributed by atoms with E-state index in [1.807, 2.05) is 4.90 Å². The lowest BCUT2D eigenvalue weighted by molar-refractivity contribution is -0.135. The third-order valence-electron chi connectivity index (χ3n) is 6.29. The second-order valence-electron chi connectivity index (χ2n) is 8.85. The van der Waals surface area contributed by atoms with E-state index in [4.69, 9.17) is 4.74 Å². The molecule has 1 aromatic rings. The normalized spacial score (nSPS) is 24.8. The molecular weight excluding hydrogens is 370 g/mol. The number of rotatable bonds is 5. The van der Waals surface area contributed by atoms with Crippen molar-refractivity contribution in [2.45, 2.75) is 45.1 Å². The van der Waals surface area contributed by atoms with Gasteiger partial charge in [0.25, 0.3) is 5.91 Å². The van der Waals surface area contributed by atoms with E-state index in [-0.39, 0.29) is 17.9 Å². The highest BCUT2D eigenvalue weighted by Gasteiger charge is 2.58. The molecule has 8 nitrogen and oxygen atoms in total. The number of aromatic nitrogens is 2.